The van der Waals surface area contributed by atoms with Crippen LogP contribution in [0.25, 0.3) is 0 Å². The third-order valence-corrected chi connectivity index (χ3v) is 3.06. The van der Waals surface area contributed by atoms with E-state index in [-0.39, 0.29) is 0 Å². The summed E-state index contributed by atoms with van der Waals surface area (Å²) >= 11 is 0. The van der Waals surface area contributed by atoms with Gasteiger partial charge in [-0.15, -0.1) is 0 Å². The van der Waals surface area contributed by atoms with Crippen LogP contribution in [0.3, 0.4) is 0 Å². The molecule has 66 valence electrons. The van der Waals surface area contributed by atoms with Crippen LogP contribution in [0.4, 0.5) is 0 Å². The van der Waals surface area contributed by atoms with Crippen molar-refractivity contribution in [2.75, 3.05) is 6.54 Å². The molecule has 0 aliphatic heterocycles. The Morgan fingerprint density at radius 2 is 1.64 bits per heavy atom. The SMILES string of the molecule is CC1(CCN)CCCCCC1. The molecule has 0 unspecified atom stereocenters. The minimum atomic E-state index is 0.589. The van der Waals surface area contributed by atoms with E-state index in [1.54, 1.807) is 0 Å². The third kappa shape index (κ3) is 2.82. The molecule has 2 N–H and O–H groups in total. The molecular weight excluding hydrogens is 134 g/mol. The predicted octanol–water partition coefficient (Wildman–Crippen LogP) is 2.70. The first kappa shape index (κ1) is 9.05. The van der Waals surface area contributed by atoms with Gasteiger partial charge < -0.3 is 5.73 Å². The third-order valence-electron chi connectivity index (χ3n) is 3.06. The quantitative estimate of drug-likeness (QED) is 0.610. The van der Waals surface area contributed by atoms with E-state index >= 15 is 0 Å². The maximum Gasteiger partial charge on any atom is -0.00721 e. The zero-order valence-electron chi connectivity index (χ0n) is 7.73. The Bertz CT molecular complexity index is 101. The zero-order valence-corrected chi connectivity index (χ0v) is 7.73. The van der Waals surface area contributed by atoms with E-state index in [2.05, 4.69) is 6.92 Å². The highest BCUT2D eigenvalue weighted by molar-refractivity contribution is 4.77. The van der Waals surface area contributed by atoms with Crippen molar-refractivity contribution in [2.24, 2.45) is 11.1 Å². The lowest BCUT2D eigenvalue weighted by atomic mass is 9.80. The van der Waals surface area contributed by atoms with Gasteiger partial charge in [0.25, 0.3) is 0 Å². The molecule has 1 saturated carbocycles. The summed E-state index contributed by atoms with van der Waals surface area (Å²) in [4.78, 5) is 0. The second kappa shape index (κ2) is 4.10. The molecule has 0 aromatic heterocycles. The molecular formula is C10H21N. The number of nitrogens with two attached hydrogens (primary N) is 1. The van der Waals surface area contributed by atoms with E-state index in [1.807, 2.05) is 0 Å². The van der Waals surface area contributed by atoms with E-state index in [1.165, 1.54) is 44.9 Å². The van der Waals surface area contributed by atoms with Crippen LogP contribution in [0.2, 0.25) is 0 Å². The maximum atomic E-state index is 5.60. The standard InChI is InChI=1S/C10H21N/c1-10(8-9-11)6-4-2-3-5-7-10/h2-9,11H2,1H3. The largest absolute Gasteiger partial charge is 0.330 e. The molecule has 0 heterocycles. The van der Waals surface area contributed by atoms with Crippen LogP contribution in [0, 0.1) is 5.41 Å². The lowest BCUT2D eigenvalue weighted by Crippen LogP contribution is -2.19. The van der Waals surface area contributed by atoms with E-state index in [0.717, 1.165) is 6.54 Å². The van der Waals surface area contributed by atoms with Gasteiger partial charge in [-0.2, -0.15) is 0 Å². The van der Waals surface area contributed by atoms with Gasteiger partial charge >= 0.3 is 0 Å². The van der Waals surface area contributed by atoms with Gasteiger partial charge in [-0.05, 0) is 31.2 Å². The van der Waals surface area contributed by atoms with Gasteiger partial charge in [-0.3, -0.25) is 0 Å². The van der Waals surface area contributed by atoms with Crippen molar-refractivity contribution in [3.63, 3.8) is 0 Å². The highest BCUT2D eigenvalue weighted by Crippen LogP contribution is 2.36. The summed E-state index contributed by atoms with van der Waals surface area (Å²) < 4.78 is 0. The van der Waals surface area contributed by atoms with Crippen molar-refractivity contribution in [3.05, 3.63) is 0 Å². The van der Waals surface area contributed by atoms with Crippen LogP contribution in [0.1, 0.15) is 51.9 Å². The molecule has 0 atom stereocenters. The molecule has 0 saturated heterocycles. The topological polar surface area (TPSA) is 26.0 Å². The Hall–Kier alpha value is -0.0400. The van der Waals surface area contributed by atoms with Crippen molar-refractivity contribution in [1.82, 2.24) is 0 Å². The molecule has 1 fully saturated rings. The fourth-order valence-electron chi connectivity index (χ4n) is 2.18. The second-order valence-corrected chi connectivity index (χ2v) is 4.26. The summed E-state index contributed by atoms with van der Waals surface area (Å²) in [5.74, 6) is 0. The number of hydrogen-bond donors (Lipinski definition) is 1. The molecule has 0 aromatic carbocycles. The number of hydrogen-bond acceptors (Lipinski definition) is 1. The van der Waals surface area contributed by atoms with Crippen molar-refractivity contribution < 1.29 is 0 Å². The van der Waals surface area contributed by atoms with Gasteiger partial charge in [-0.1, -0.05) is 32.6 Å². The summed E-state index contributed by atoms with van der Waals surface area (Å²) in [5, 5.41) is 0. The first-order valence-corrected chi connectivity index (χ1v) is 4.97. The molecule has 0 spiro atoms. The molecule has 11 heavy (non-hydrogen) atoms. The Kier molecular flexibility index (Phi) is 3.38. The highest BCUT2D eigenvalue weighted by Gasteiger charge is 2.23. The molecule has 1 heteroatoms. The summed E-state index contributed by atoms with van der Waals surface area (Å²) in [6.45, 7) is 3.28. The average Bonchev–Trinajstić information content (AvgIpc) is 2.15. The molecule has 1 rings (SSSR count). The van der Waals surface area contributed by atoms with Crippen molar-refractivity contribution in [2.45, 2.75) is 51.9 Å². The monoisotopic (exact) mass is 155 g/mol. The summed E-state index contributed by atoms with van der Waals surface area (Å²) in [6.07, 6.45) is 9.79. The minimum Gasteiger partial charge on any atom is -0.330 e. The van der Waals surface area contributed by atoms with Gasteiger partial charge in [0.2, 0.25) is 0 Å². The Labute approximate surface area is 70.4 Å². The summed E-state index contributed by atoms with van der Waals surface area (Å²) in [6, 6.07) is 0. The normalized spacial score (nSPS) is 24.5. The Morgan fingerprint density at radius 1 is 1.09 bits per heavy atom. The van der Waals surface area contributed by atoms with Crippen molar-refractivity contribution in [1.29, 1.82) is 0 Å². The molecule has 0 aromatic rings. The van der Waals surface area contributed by atoms with Crippen molar-refractivity contribution >= 4 is 0 Å². The van der Waals surface area contributed by atoms with Crippen LogP contribution >= 0.6 is 0 Å². The Balaban J connectivity index is 2.38. The summed E-state index contributed by atoms with van der Waals surface area (Å²) in [5.41, 5.74) is 6.18. The molecule has 1 nitrogen and oxygen atoms in total. The van der Waals surface area contributed by atoms with E-state index in [0.29, 0.717) is 5.41 Å². The first-order chi connectivity index (χ1) is 5.27. The van der Waals surface area contributed by atoms with Gasteiger partial charge in [0.1, 0.15) is 0 Å². The fraction of sp³-hybridized carbons (Fsp3) is 1.00. The van der Waals surface area contributed by atoms with E-state index in [4.69, 9.17) is 5.73 Å². The van der Waals surface area contributed by atoms with Gasteiger partial charge in [-0.25, -0.2) is 0 Å². The van der Waals surface area contributed by atoms with E-state index in [9.17, 15) is 0 Å². The molecule has 0 amide bonds. The van der Waals surface area contributed by atoms with Crippen LogP contribution in [-0.4, -0.2) is 6.54 Å². The molecule has 0 bridgehead atoms. The average molecular weight is 155 g/mol. The van der Waals surface area contributed by atoms with Crippen molar-refractivity contribution in [3.8, 4) is 0 Å². The smallest absolute Gasteiger partial charge is 0.00721 e. The van der Waals surface area contributed by atoms with Gasteiger partial charge in [0, 0.05) is 0 Å². The van der Waals surface area contributed by atoms with Crippen LogP contribution < -0.4 is 5.73 Å². The Morgan fingerprint density at radius 3 is 2.09 bits per heavy atom. The highest BCUT2D eigenvalue weighted by atomic mass is 14.5. The summed E-state index contributed by atoms with van der Waals surface area (Å²) in [7, 11) is 0. The van der Waals surface area contributed by atoms with Crippen LogP contribution in [0.15, 0.2) is 0 Å². The second-order valence-electron chi connectivity index (χ2n) is 4.26. The van der Waals surface area contributed by atoms with E-state index < -0.39 is 0 Å². The molecule has 1 aliphatic carbocycles. The predicted molar refractivity (Wildman–Crippen MR) is 49.5 cm³/mol. The fourth-order valence-corrected chi connectivity index (χ4v) is 2.18. The molecule has 0 radical (unpaired) electrons. The molecule has 1 aliphatic rings. The van der Waals surface area contributed by atoms with Gasteiger partial charge in [0.05, 0.1) is 0 Å². The van der Waals surface area contributed by atoms with Crippen LogP contribution in [0.5, 0.6) is 0 Å². The first-order valence-electron chi connectivity index (χ1n) is 4.97. The lowest BCUT2D eigenvalue weighted by molar-refractivity contribution is 0.259. The van der Waals surface area contributed by atoms with Gasteiger partial charge in [0.15, 0.2) is 0 Å². The zero-order chi connectivity index (χ0) is 8.16. The minimum absolute atomic E-state index is 0.589. The lowest BCUT2D eigenvalue weighted by Gasteiger charge is -2.27. The van der Waals surface area contributed by atoms with Crippen LogP contribution in [-0.2, 0) is 0 Å². The maximum absolute atomic E-state index is 5.60. The number of rotatable bonds is 2.